The van der Waals surface area contributed by atoms with E-state index in [1.807, 2.05) is 12.1 Å². The summed E-state index contributed by atoms with van der Waals surface area (Å²) in [5, 5.41) is 0. The van der Waals surface area contributed by atoms with E-state index in [0.29, 0.717) is 6.04 Å². The molecule has 1 heterocycles. The third kappa shape index (κ3) is 1.08. The summed E-state index contributed by atoms with van der Waals surface area (Å²) in [4.78, 5) is 2.19. The van der Waals surface area contributed by atoms with E-state index in [4.69, 9.17) is 4.74 Å². The standard InChI is InChI=1S/C10H13NO/c1-11(2)9-7-12-10-6-4-3-5-8(9)10/h3-6,9H,7H2,1-2H3. The molecule has 1 unspecified atom stereocenters. The van der Waals surface area contributed by atoms with Gasteiger partial charge in [-0.15, -0.1) is 0 Å². The molecule has 2 heteroatoms. The van der Waals surface area contributed by atoms with Crippen molar-refractivity contribution in [3.63, 3.8) is 0 Å². The highest BCUT2D eigenvalue weighted by atomic mass is 16.5. The summed E-state index contributed by atoms with van der Waals surface area (Å²) in [5.74, 6) is 1.04. The number of nitrogens with zero attached hydrogens (tertiary/aromatic N) is 1. The van der Waals surface area contributed by atoms with Gasteiger partial charge in [-0.2, -0.15) is 0 Å². The minimum absolute atomic E-state index is 0.432. The summed E-state index contributed by atoms with van der Waals surface area (Å²) in [6.45, 7) is 0.784. The van der Waals surface area contributed by atoms with E-state index < -0.39 is 0 Å². The summed E-state index contributed by atoms with van der Waals surface area (Å²) in [7, 11) is 4.16. The summed E-state index contributed by atoms with van der Waals surface area (Å²) < 4.78 is 5.53. The van der Waals surface area contributed by atoms with Gasteiger partial charge >= 0.3 is 0 Å². The Morgan fingerprint density at radius 2 is 2.08 bits per heavy atom. The molecule has 0 aliphatic carbocycles. The molecule has 0 aromatic heterocycles. The normalized spacial score (nSPS) is 20.8. The van der Waals surface area contributed by atoms with Gasteiger partial charge in [0.25, 0.3) is 0 Å². The van der Waals surface area contributed by atoms with Crippen LogP contribution in [0.3, 0.4) is 0 Å². The molecule has 0 bridgehead atoms. The average Bonchev–Trinajstić information content (AvgIpc) is 2.47. The van der Waals surface area contributed by atoms with Crippen molar-refractivity contribution in [1.82, 2.24) is 4.90 Å². The summed E-state index contributed by atoms with van der Waals surface area (Å²) >= 11 is 0. The fourth-order valence-electron chi connectivity index (χ4n) is 1.57. The third-order valence-corrected chi connectivity index (χ3v) is 2.30. The average molecular weight is 163 g/mol. The molecule has 2 nitrogen and oxygen atoms in total. The van der Waals surface area contributed by atoms with Crippen LogP contribution in [-0.4, -0.2) is 25.6 Å². The maximum Gasteiger partial charge on any atom is 0.124 e. The molecule has 0 saturated heterocycles. The lowest BCUT2D eigenvalue weighted by atomic mass is 10.1. The topological polar surface area (TPSA) is 12.5 Å². The zero-order chi connectivity index (χ0) is 8.55. The smallest absolute Gasteiger partial charge is 0.124 e. The Morgan fingerprint density at radius 1 is 1.33 bits per heavy atom. The van der Waals surface area contributed by atoms with Gasteiger partial charge < -0.3 is 4.74 Å². The Labute approximate surface area is 72.8 Å². The van der Waals surface area contributed by atoms with Crippen molar-refractivity contribution in [1.29, 1.82) is 0 Å². The van der Waals surface area contributed by atoms with Crippen LogP contribution in [-0.2, 0) is 0 Å². The van der Waals surface area contributed by atoms with Crippen molar-refractivity contribution in [3.05, 3.63) is 29.8 Å². The van der Waals surface area contributed by atoms with E-state index in [-0.39, 0.29) is 0 Å². The first-order valence-corrected chi connectivity index (χ1v) is 4.17. The van der Waals surface area contributed by atoms with Crippen molar-refractivity contribution in [3.8, 4) is 5.75 Å². The van der Waals surface area contributed by atoms with Gasteiger partial charge in [-0.3, -0.25) is 4.90 Å². The number of para-hydroxylation sites is 1. The van der Waals surface area contributed by atoms with Crippen molar-refractivity contribution in [2.75, 3.05) is 20.7 Å². The Morgan fingerprint density at radius 3 is 2.83 bits per heavy atom. The van der Waals surface area contributed by atoms with Gasteiger partial charge in [-0.1, -0.05) is 18.2 Å². The minimum atomic E-state index is 0.432. The molecule has 0 N–H and O–H groups in total. The minimum Gasteiger partial charge on any atom is -0.491 e. The van der Waals surface area contributed by atoms with E-state index >= 15 is 0 Å². The van der Waals surface area contributed by atoms with E-state index in [0.717, 1.165) is 12.4 Å². The highest BCUT2D eigenvalue weighted by Gasteiger charge is 2.24. The Bertz CT molecular complexity index is 283. The summed E-state index contributed by atoms with van der Waals surface area (Å²) in [6, 6.07) is 8.66. The second kappa shape index (κ2) is 2.79. The fraction of sp³-hybridized carbons (Fsp3) is 0.400. The van der Waals surface area contributed by atoms with Gasteiger partial charge in [0.2, 0.25) is 0 Å². The number of hydrogen-bond acceptors (Lipinski definition) is 2. The quantitative estimate of drug-likeness (QED) is 0.624. The SMILES string of the molecule is CN(C)C1COc2ccccc21. The van der Waals surface area contributed by atoms with Crippen LogP contribution in [0.1, 0.15) is 11.6 Å². The van der Waals surface area contributed by atoms with Crippen LogP contribution in [0.15, 0.2) is 24.3 Å². The van der Waals surface area contributed by atoms with Gasteiger partial charge in [0.05, 0.1) is 6.04 Å². The lowest BCUT2D eigenvalue weighted by Gasteiger charge is -2.17. The zero-order valence-corrected chi connectivity index (χ0v) is 7.45. The summed E-state index contributed by atoms with van der Waals surface area (Å²) in [5.41, 5.74) is 1.31. The lowest BCUT2D eigenvalue weighted by Crippen LogP contribution is -2.20. The largest absolute Gasteiger partial charge is 0.491 e. The Balaban J connectivity index is 2.36. The second-order valence-corrected chi connectivity index (χ2v) is 3.33. The van der Waals surface area contributed by atoms with Crippen molar-refractivity contribution < 1.29 is 4.74 Å². The predicted octanol–water partition coefficient (Wildman–Crippen LogP) is 1.68. The number of benzene rings is 1. The maximum atomic E-state index is 5.53. The maximum absolute atomic E-state index is 5.53. The van der Waals surface area contributed by atoms with E-state index in [1.165, 1.54) is 5.56 Å². The molecule has 0 saturated carbocycles. The molecule has 0 amide bonds. The molecular weight excluding hydrogens is 150 g/mol. The van der Waals surface area contributed by atoms with Crippen LogP contribution in [0.25, 0.3) is 0 Å². The fourth-order valence-corrected chi connectivity index (χ4v) is 1.57. The summed E-state index contributed by atoms with van der Waals surface area (Å²) in [6.07, 6.45) is 0. The van der Waals surface area contributed by atoms with Crippen molar-refractivity contribution in [2.45, 2.75) is 6.04 Å². The number of fused-ring (bicyclic) bond motifs is 1. The van der Waals surface area contributed by atoms with Gasteiger partial charge in [0.15, 0.2) is 0 Å². The molecule has 0 fully saturated rings. The number of ether oxygens (including phenoxy) is 1. The van der Waals surface area contributed by atoms with Gasteiger partial charge in [0.1, 0.15) is 12.4 Å². The molecule has 1 aliphatic heterocycles. The number of likely N-dealkylation sites (N-methyl/N-ethyl adjacent to an activating group) is 1. The second-order valence-electron chi connectivity index (χ2n) is 3.33. The molecule has 1 aliphatic rings. The highest BCUT2D eigenvalue weighted by Crippen LogP contribution is 2.34. The Kier molecular flexibility index (Phi) is 1.77. The zero-order valence-electron chi connectivity index (χ0n) is 7.45. The molecule has 1 aromatic rings. The van der Waals surface area contributed by atoms with Gasteiger partial charge in [-0.05, 0) is 20.2 Å². The Hall–Kier alpha value is -1.02. The number of hydrogen-bond donors (Lipinski definition) is 0. The molecule has 1 atom stereocenters. The third-order valence-electron chi connectivity index (χ3n) is 2.30. The van der Waals surface area contributed by atoms with E-state index in [9.17, 15) is 0 Å². The van der Waals surface area contributed by atoms with Gasteiger partial charge in [-0.25, -0.2) is 0 Å². The van der Waals surface area contributed by atoms with Crippen molar-refractivity contribution in [2.24, 2.45) is 0 Å². The van der Waals surface area contributed by atoms with E-state index in [1.54, 1.807) is 0 Å². The molecule has 1 aromatic carbocycles. The molecule has 0 radical (unpaired) electrons. The first-order valence-electron chi connectivity index (χ1n) is 4.17. The van der Waals surface area contributed by atoms with Crippen LogP contribution in [0.2, 0.25) is 0 Å². The molecule has 0 spiro atoms. The lowest BCUT2D eigenvalue weighted by molar-refractivity contribution is 0.227. The first kappa shape index (κ1) is 7.62. The first-order chi connectivity index (χ1) is 5.79. The van der Waals surface area contributed by atoms with E-state index in [2.05, 4.69) is 31.1 Å². The molecule has 2 rings (SSSR count). The highest BCUT2D eigenvalue weighted by molar-refractivity contribution is 5.39. The predicted molar refractivity (Wildman–Crippen MR) is 48.4 cm³/mol. The van der Waals surface area contributed by atoms with Crippen LogP contribution in [0.5, 0.6) is 5.75 Å². The monoisotopic (exact) mass is 163 g/mol. The van der Waals surface area contributed by atoms with Gasteiger partial charge in [0, 0.05) is 5.56 Å². The number of rotatable bonds is 1. The van der Waals surface area contributed by atoms with Crippen LogP contribution >= 0.6 is 0 Å². The van der Waals surface area contributed by atoms with Crippen LogP contribution < -0.4 is 4.74 Å². The van der Waals surface area contributed by atoms with Crippen LogP contribution in [0, 0.1) is 0 Å². The molecular formula is C10H13NO. The van der Waals surface area contributed by atoms with Crippen molar-refractivity contribution >= 4 is 0 Å². The molecule has 12 heavy (non-hydrogen) atoms. The molecule has 64 valence electrons. The van der Waals surface area contributed by atoms with Crippen LogP contribution in [0.4, 0.5) is 0 Å².